The molecule has 2 amide bonds. The monoisotopic (exact) mass is 651 g/mol. The Morgan fingerprint density at radius 2 is 0.830 bits per heavy atom. The van der Waals surface area contributed by atoms with Crippen molar-refractivity contribution >= 4 is 29.4 Å². The third-order valence-corrected chi connectivity index (χ3v) is 5.42. The number of hydrogen-bond acceptors (Lipinski definition) is 6. The number of nitrogens with zero attached hydrogens (tertiary/aromatic N) is 1. The number of hydrogen-bond donors (Lipinski definition) is 4. The van der Waals surface area contributed by atoms with Gasteiger partial charge in [-0.15, -0.1) is 0 Å². The van der Waals surface area contributed by atoms with Crippen molar-refractivity contribution in [2.75, 3.05) is 4.90 Å². The predicted molar refractivity (Wildman–Crippen MR) is 188 cm³/mol. The minimum Gasteiger partial charge on any atom is -0.508 e. The molecule has 10 nitrogen and oxygen atoms in total. The van der Waals surface area contributed by atoms with E-state index in [2.05, 4.69) is 0 Å². The van der Waals surface area contributed by atoms with Crippen molar-refractivity contribution in [1.82, 2.24) is 0 Å². The number of rotatable bonds is 3. The summed E-state index contributed by atoms with van der Waals surface area (Å²) in [7, 11) is 0. The molecule has 0 spiro atoms. The summed E-state index contributed by atoms with van der Waals surface area (Å²) in [6.45, 7) is 17.9. The number of benzene rings is 4. The van der Waals surface area contributed by atoms with Gasteiger partial charge in [0.05, 0.1) is 27.9 Å². The number of fused-ring (bicyclic) bond motifs is 1. The summed E-state index contributed by atoms with van der Waals surface area (Å²) >= 11 is 0. The minimum absolute atomic E-state index is 0. The molecule has 6 N–H and O–H groups in total. The molecular weight excluding hydrogens is 602 g/mol. The van der Waals surface area contributed by atoms with E-state index in [-0.39, 0.29) is 28.0 Å². The molecule has 0 fully saturated rings. The molecule has 47 heavy (non-hydrogen) atoms. The molecule has 0 unspecified atom stereocenters. The number of aromatic hydroxyl groups is 2. The van der Waals surface area contributed by atoms with E-state index in [9.17, 15) is 24.3 Å². The average Bonchev–Trinajstić information content (AvgIpc) is 3.36. The number of aryl methyl sites for hydroxylation is 1. The highest BCUT2D eigenvalue weighted by atomic mass is 16.4. The molecule has 1 heterocycles. The van der Waals surface area contributed by atoms with E-state index in [1.54, 1.807) is 42.5 Å². The number of carboxylic acids is 2. The zero-order valence-corrected chi connectivity index (χ0v) is 28.6. The molecule has 0 aromatic heterocycles. The standard InChI is InChI=1S/C14H9NO3.C8H6O4.C7H8O.4C2H6.H2O/c16-12-8-4-3-7-11(12)15-13(17)9-5-1-2-6-10(9)14(15)18;9-7(10)5-3-1-2-4-6(5)8(11)12;1-6-4-2-3-5-7(6)8;4*1-2;/h1-8,16H;1-4H,(H,9,10)(H,11,12);2-5,8H,1H3;4*1-2H3;1H2. The number of para-hydroxylation sites is 3. The molecule has 0 radical (unpaired) electrons. The Labute approximate surface area is 277 Å². The summed E-state index contributed by atoms with van der Waals surface area (Å²) in [5.74, 6) is -2.99. The van der Waals surface area contributed by atoms with Crippen LogP contribution in [0.25, 0.3) is 0 Å². The maximum atomic E-state index is 12.2. The van der Waals surface area contributed by atoms with Crippen LogP contribution in [0.3, 0.4) is 0 Å². The summed E-state index contributed by atoms with van der Waals surface area (Å²) < 4.78 is 0. The number of phenolic OH excluding ortho intramolecular Hbond substituents is 2. The van der Waals surface area contributed by atoms with Gasteiger partial charge in [0.15, 0.2) is 0 Å². The summed E-state index contributed by atoms with van der Waals surface area (Å²) in [4.78, 5) is 46.2. The first-order valence-corrected chi connectivity index (χ1v) is 15.2. The number of anilines is 1. The smallest absolute Gasteiger partial charge is 0.336 e. The Morgan fingerprint density at radius 1 is 0.511 bits per heavy atom. The highest BCUT2D eigenvalue weighted by molar-refractivity contribution is 6.34. The first-order chi connectivity index (χ1) is 22.1. The molecular formula is C37H49NO9. The van der Waals surface area contributed by atoms with E-state index in [0.717, 1.165) is 10.5 Å². The lowest BCUT2D eigenvalue weighted by Crippen LogP contribution is -2.29. The van der Waals surface area contributed by atoms with Crippen LogP contribution in [-0.2, 0) is 0 Å². The second kappa shape index (κ2) is 25.8. The maximum Gasteiger partial charge on any atom is 0.336 e. The third-order valence-electron chi connectivity index (χ3n) is 5.42. The fourth-order valence-corrected chi connectivity index (χ4v) is 3.48. The van der Waals surface area contributed by atoms with Gasteiger partial charge in [-0.1, -0.05) is 110 Å². The van der Waals surface area contributed by atoms with Crippen molar-refractivity contribution in [3.63, 3.8) is 0 Å². The zero-order valence-electron chi connectivity index (χ0n) is 28.6. The number of carboxylic acid groups (broad SMARTS) is 2. The topological polar surface area (TPSA) is 184 Å². The zero-order chi connectivity index (χ0) is 35.8. The number of carbonyl (C=O) groups is 4. The predicted octanol–water partition coefficient (Wildman–Crippen LogP) is 8.26. The van der Waals surface area contributed by atoms with Gasteiger partial charge in [-0.05, 0) is 55.0 Å². The van der Waals surface area contributed by atoms with Gasteiger partial charge in [-0.25, -0.2) is 14.5 Å². The molecule has 0 bridgehead atoms. The van der Waals surface area contributed by atoms with Crippen molar-refractivity contribution < 1.29 is 45.1 Å². The maximum absolute atomic E-state index is 12.2. The lowest BCUT2D eigenvalue weighted by molar-refractivity contribution is 0.0651. The number of phenols is 2. The lowest BCUT2D eigenvalue weighted by atomic mass is 10.1. The fourth-order valence-electron chi connectivity index (χ4n) is 3.48. The van der Waals surface area contributed by atoms with Crippen molar-refractivity contribution in [1.29, 1.82) is 0 Å². The summed E-state index contributed by atoms with van der Waals surface area (Å²) in [6.07, 6.45) is 0. The number of aromatic carboxylic acids is 2. The number of imide groups is 1. The van der Waals surface area contributed by atoms with Crippen LogP contribution in [0.5, 0.6) is 11.5 Å². The second-order valence-corrected chi connectivity index (χ2v) is 7.92. The molecule has 1 aliphatic rings. The Kier molecular flexibility index (Phi) is 25.2. The third kappa shape index (κ3) is 13.6. The largest absolute Gasteiger partial charge is 0.508 e. The van der Waals surface area contributed by atoms with Gasteiger partial charge < -0.3 is 25.9 Å². The van der Waals surface area contributed by atoms with Crippen LogP contribution >= 0.6 is 0 Å². The van der Waals surface area contributed by atoms with Crippen LogP contribution in [0.1, 0.15) is 102 Å². The van der Waals surface area contributed by atoms with Gasteiger partial charge in [-0.3, -0.25) is 9.59 Å². The lowest BCUT2D eigenvalue weighted by Gasteiger charge is -2.14. The van der Waals surface area contributed by atoms with Crippen molar-refractivity contribution in [3.05, 3.63) is 125 Å². The van der Waals surface area contributed by atoms with Gasteiger partial charge in [0.1, 0.15) is 11.5 Å². The molecule has 256 valence electrons. The first kappa shape index (κ1) is 45.9. The van der Waals surface area contributed by atoms with Gasteiger partial charge >= 0.3 is 11.9 Å². The van der Waals surface area contributed by atoms with Crippen molar-refractivity contribution in [2.24, 2.45) is 0 Å². The van der Waals surface area contributed by atoms with E-state index in [1.165, 1.54) is 36.4 Å². The van der Waals surface area contributed by atoms with E-state index >= 15 is 0 Å². The van der Waals surface area contributed by atoms with E-state index in [4.69, 9.17) is 15.3 Å². The normalized spacial score (nSPS) is 9.77. The molecule has 1 aliphatic heterocycles. The highest BCUT2D eigenvalue weighted by Gasteiger charge is 2.37. The van der Waals surface area contributed by atoms with Crippen molar-refractivity contribution in [3.8, 4) is 11.5 Å². The van der Waals surface area contributed by atoms with E-state index in [0.29, 0.717) is 16.9 Å². The van der Waals surface area contributed by atoms with E-state index in [1.807, 2.05) is 80.5 Å². The Bertz CT molecular complexity index is 1430. The number of amides is 2. The summed E-state index contributed by atoms with van der Waals surface area (Å²) in [5.41, 5.74) is 1.49. The quantitative estimate of drug-likeness (QED) is 0.160. The van der Waals surface area contributed by atoms with Crippen LogP contribution in [0.15, 0.2) is 97.1 Å². The molecule has 0 saturated heterocycles. The first-order valence-electron chi connectivity index (χ1n) is 15.2. The van der Waals surface area contributed by atoms with E-state index < -0.39 is 23.8 Å². The second-order valence-electron chi connectivity index (χ2n) is 7.92. The fraction of sp³-hybridized carbons (Fsp3) is 0.243. The SMILES string of the molecule is CC.CC.CC.CC.Cc1ccccc1O.O.O=C(O)c1ccccc1C(=O)O.O=C1c2ccccc2C(=O)N1c1ccccc1O. The Morgan fingerprint density at radius 3 is 1.15 bits per heavy atom. The number of carbonyl (C=O) groups excluding carboxylic acids is 2. The summed E-state index contributed by atoms with van der Waals surface area (Å²) in [6, 6.07) is 25.6. The molecule has 4 aromatic carbocycles. The molecule has 0 atom stereocenters. The van der Waals surface area contributed by atoms with Crippen LogP contribution in [0.2, 0.25) is 0 Å². The van der Waals surface area contributed by atoms with Crippen molar-refractivity contribution in [2.45, 2.75) is 62.3 Å². The van der Waals surface area contributed by atoms with Gasteiger partial charge in [0.2, 0.25) is 0 Å². The van der Waals surface area contributed by atoms with Gasteiger partial charge in [0, 0.05) is 0 Å². The molecule has 4 aromatic rings. The molecule has 0 aliphatic carbocycles. The Hall–Kier alpha value is -5.48. The van der Waals surface area contributed by atoms with Crippen LogP contribution in [0, 0.1) is 6.92 Å². The average molecular weight is 652 g/mol. The molecule has 0 saturated carbocycles. The minimum atomic E-state index is -1.23. The van der Waals surface area contributed by atoms with Gasteiger partial charge in [-0.2, -0.15) is 0 Å². The molecule has 5 rings (SSSR count). The van der Waals surface area contributed by atoms with Crippen LogP contribution in [0.4, 0.5) is 5.69 Å². The van der Waals surface area contributed by atoms with Crippen LogP contribution < -0.4 is 4.90 Å². The van der Waals surface area contributed by atoms with Gasteiger partial charge in [0.25, 0.3) is 11.8 Å². The molecule has 10 heteroatoms. The Balaban J connectivity index is -0.000000584. The summed E-state index contributed by atoms with van der Waals surface area (Å²) in [5, 5.41) is 35.8. The van der Waals surface area contributed by atoms with Crippen LogP contribution in [-0.4, -0.2) is 49.7 Å². The highest BCUT2D eigenvalue weighted by Crippen LogP contribution is 2.33.